The Bertz CT molecular complexity index is 964. The van der Waals surface area contributed by atoms with Crippen LogP contribution in [0.4, 0.5) is 11.4 Å². The summed E-state index contributed by atoms with van der Waals surface area (Å²) in [7, 11) is 8.40. The summed E-state index contributed by atoms with van der Waals surface area (Å²) < 4.78 is 0. The lowest BCUT2D eigenvalue weighted by molar-refractivity contribution is 1.14. The summed E-state index contributed by atoms with van der Waals surface area (Å²) in [6.07, 6.45) is 0. The van der Waals surface area contributed by atoms with E-state index in [0.717, 1.165) is 0 Å². The van der Waals surface area contributed by atoms with Crippen LogP contribution in [-0.2, 0) is 0 Å². The number of nitrogens with zero attached hydrogens (tertiary/aromatic N) is 2. The zero-order chi connectivity index (χ0) is 15.4. The molecule has 0 aliphatic rings. The lowest BCUT2D eigenvalue weighted by Gasteiger charge is -2.20. The van der Waals surface area contributed by atoms with Crippen molar-refractivity contribution < 1.29 is 0 Å². The van der Waals surface area contributed by atoms with E-state index in [1.54, 1.807) is 0 Å². The molecule has 0 fully saturated rings. The molecule has 0 aromatic heterocycles. The fraction of sp³-hybridized carbons (Fsp3) is 0.200. The third kappa shape index (κ3) is 1.73. The maximum atomic E-state index is 2.28. The molecule has 0 spiro atoms. The molecule has 2 nitrogen and oxygen atoms in total. The minimum Gasteiger partial charge on any atom is -0.378 e. The number of hydrogen-bond donors (Lipinski definition) is 0. The Morgan fingerprint density at radius 2 is 1.18 bits per heavy atom. The molecule has 0 radical (unpaired) electrons. The highest BCUT2D eigenvalue weighted by Gasteiger charge is 2.12. The molecule has 0 atom stereocenters. The Balaban J connectivity index is 2.22. The van der Waals surface area contributed by atoms with Gasteiger partial charge in [-0.25, -0.2) is 0 Å². The quantitative estimate of drug-likeness (QED) is 0.493. The average Bonchev–Trinajstić information content (AvgIpc) is 2.51. The van der Waals surface area contributed by atoms with E-state index in [1.807, 2.05) is 0 Å². The van der Waals surface area contributed by atoms with Crippen molar-refractivity contribution in [1.82, 2.24) is 0 Å². The molecule has 0 saturated carbocycles. The maximum Gasteiger partial charge on any atom is 0.0441 e. The first-order valence-corrected chi connectivity index (χ1v) is 7.62. The van der Waals surface area contributed by atoms with Crippen LogP contribution < -0.4 is 9.80 Å². The van der Waals surface area contributed by atoms with Crippen LogP contribution in [0.25, 0.3) is 32.3 Å². The molecule has 0 N–H and O–H groups in total. The van der Waals surface area contributed by atoms with Crippen molar-refractivity contribution in [2.24, 2.45) is 0 Å². The second kappa shape index (κ2) is 4.51. The number of benzene rings is 4. The maximum absolute atomic E-state index is 2.28. The molecule has 2 heteroatoms. The molecule has 110 valence electrons. The van der Waals surface area contributed by atoms with Crippen molar-refractivity contribution in [3.8, 4) is 0 Å². The summed E-state index contributed by atoms with van der Waals surface area (Å²) in [5.74, 6) is 0. The lowest BCUT2D eigenvalue weighted by Crippen LogP contribution is -2.09. The Hall–Kier alpha value is -2.48. The van der Waals surface area contributed by atoms with Crippen LogP contribution in [-0.4, -0.2) is 28.2 Å². The van der Waals surface area contributed by atoms with Gasteiger partial charge in [-0.2, -0.15) is 0 Å². The van der Waals surface area contributed by atoms with E-state index in [0.29, 0.717) is 0 Å². The first-order valence-electron chi connectivity index (χ1n) is 7.62. The van der Waals surface area contributed by atoms with Crippen molar-refractivity contribution in [2.75, 3.05) is 38.0 Å². The molecule has 22 heavy (non-hydrogen) atoms. The highest BCUT2D eigenvalue weighted by atomic mass is 15.1. The molecular weight excluding hydrogens is 268 g/mol. The van der Waals surface area contributed by atoms with E-state index in [-0.39, 0.29) is 0 Å². The fourth-order valence-electron chi connectivity index (χ4n) is 3.44. The van der Waals surface area contributed by atoms with E-state index in [4.69, 9.17) is 0 Å². The van der Waals surface area contributed by atoms with E-state index in [2.05, 4.69) is 86.5 Å². The Kier molecular flexibility index (Phi) is 2.70. The van der Waals surface area contributed by atoms with Crippen LogP contribution in [0, 0.1) is 0 Å². The van der Waals surface area contributed by atoms with Gasteiger partial charge in [-0.3, -0.25) is 0 Å². The summed E-state index contributed by atoms with van der Waals surface area (Å²) >= 11 is 0. The second-order valence-electron chi connectivity index (χ2n) is 6.42. The van der Waals surface area contributed by atoms with Crippen LogP contribution in [0.2, 0.25) is 0 Å². The first-order chi connectivity index (χ1) is 10.6. The first kappa shape index (κ1) is 13.2. The molecule has 0 saturated heterocycles. The number of hydrogen-bond acceptors (Lipinski definition) is 2. The normalized spacial score (nSPS) is 11.6. The van der Waals surface area contributed by atoms with E-state index in [9.17, 15) is 0 Å². The topological polar surface area (TPSA) is 6.48 Å². The van der Waals surface area contributed by atoms with Gasteiger partial charge >= 0.3 is 0 Å². The van der Waals surface area contributed by atoms with Gasteiger partial charge in [0.15, 0.2) is 0 Å². The Morgan fingerprint density at radius 1 is 0.591 bits per heavy atom. The predicted molar refractivity (Wildman–Crippen MR) is 98.8 cm³/mol. The fourth-order valence-corrected chi connectivity index (χ4v) is 3.44. The SMILES string of the molecule is CN(C)c1cc2ccc3ccc(N(C)C)c4ccc(c1)c2c34. The predicted octanol–water partition coefficient (Wildman–Crippen LogP) is 4.72. The standard InChI is InChI=1S/C20H20N2/c1-21(2)16-11-14-6-5-13-8-10-18(22(3)4)17-9-7-15(12-16)19(14)20(13)17/h5-12H,1-4H3. The summed E-state index contributed by atoms with van der Waals surface area (Å²) in [6.45, 7) is 0. The van der Waals surface area contributed by atoms with Gasteiger partial charge in [0, 0.05) is 45.0 Å². The van der Waals surface area contributed by atoms with Gasteiger partial charge in [0.25, 0.3) is 0 Å². The molecule has 4 aromatic carbocycles. The lowest BCUT2D eigenvalue weighted by atomic mass is 9.93. The van der Waals surface area contributed by atoms with Crippen molar-refractivity contribution in [3.05, 3.63) is 48.5 Å². The Labute approximate surface area is 130 Å². The largest absolute Gasteiger partial charge is 0.378 e. The molecule has 0 bridgehead atoms. The molecule has 0 aliphatic carbocycles. The number of rotatable bonds is 2. The third-order valence-corrected chi connectivity index (χ3v) is 4.56. The van der Waals surface area contributed by atoms with Gasteiger partial charge in [0.05, 0.1) is 0 Å². The molecule has 0 aliphatic heterocycles. The summed E-state index contributed by atoms with van der Waals surface area (Å²) in [6, 6.07) is 18.0. The van der Waals surface area contributed by atoms with Gasteiger partial charge in [-0.15, -0.1) is 0 Å². The van der Waals surface area contributed by atoms with Gasteiger partial charge in [-0.05, 0) is 45.1 Å². The van der Waals surface area contributed by atoms with Crippen molar-refractivity contribution in [2.45, 2.75) is 0 Å². The van der Waals surface area contributed by atoms with Crippen molar-refractivity contribution in [3.63, 3.8) is 0 Å². The second-order valence-corrected chi connectivity index (χ2v) is 6.42. The van der Waals surface area contributed by atoms with Gasteiger partial charge in [0.2, 0.25) is 0 Å². The van der Waals surface area contributed by atoms with Crippen LogP contribution >= 0.6 is 0 Å². The Morgan fingerprint density at radius 3 is 1.82 bits per heavy atom. The van der Waals surface area contributed by atoms with Gasteiger partial charge < -0.3 is 9.80 Å². The highest BCUT2D eigenvalue weighted by Crippen LogP contribution is 2.39. The average molecular weight is 288 g/mol. The molecular formula is C20H20N2. The number of anilines is 2. The van der Waals surface area contributed by atoms with E-state index < -0.39 is 0 Å². The third-order valence-electron chi connectivity index (χ3n) is 4.56. The van der Waals surface area contributed by atoms with Crippen LogP contribution in [0.5, 0.6) is 0 Å². The molecule has 0 amide bonds. The van der Waals surface area contributed by atoms with Crippen molar-refractivity contribution >= 4 is 43.7 Å². The van der Waals surface area contributed by atoms with Gasteiger partial charge in [0.1, 0.15) is 0 Å². The highest BCUT2D eigenvalue weighted by molar-refractivity contribution is 6.25. The smallest absolute Gasteiger partial charge is 0.0441 e. The minimum absolute atomic E-state index is 1.25. The molecule has 4 aromatic rings. The van der Waals surface area contributed by atoms with E-state index >= 15 is 0 Å². The molecule has 4 rings (SSSR count). The molecule has 0 unspecified atom stereocenters. The van der Waals surface area contributed by atoms with Crippen LogP contribution in [0.3, 0.4) is 0 Å². The minimum atomic E-state index is 1.25. The van der Waals surface area contributed by atoms with Crippen LogP contribution in [0.15, 0.2) is 48.5 Å². The van der Waals surface area contributed by atoms with Crippen molar-refractivity contribution in [1.29, 1.82) is 0 Å². The summed E-state index contributed by atoms with van der Waals surface area (Å²) in [5, 5.41) is 8.04. The molecule has 0 heterocycles. The van der Waals surface area contributed by atoms with E-state index in [1.165, 1.54) is 43.7 Å². The monoisotopic (exact) mass is 288 g/mol. The van der Waals surface area contributed by atoms with Gasteiger partial charge in [-0.1, -0.05) is 30.3 Å². The summed E-state index contributed by atoms with van der Waals surface area (Å²) in [5.41, 5.74) is 2.53. The summed E-state index contributed by atoms with van der Waals surface area (Å²) in [4.78, 5) is 4.36. The zero-order valence-corrected chi connectivity index (χ0v) is 13.5. The van der Waals surface area contributed by atoms with Crippen LogP contribution in [0.1, 0.15) is 0 Å². The zero-order valence-electron chi connectivity index (χ0n) is 13.5.